The fraction of sp³-hybridized carbons (Fsp3) is 0.240. The normalized spacial score (nSPS) is 10.9. The molecule has 2 heterocycles. The minimum atomic E-state index is 0.102. The number of Topliss-reactive ketones (excluding diaryl/α,β-unsaturated/α-hetero) is 1. The Hall–Kier alpha value is -3.67. The SMILES string of the molecule is CCCC(=O)c1cnc2c(NCCc3cnc[nH]3)cccc2c1Nc1ccccc1C. The van der Waals surface area contributed by atoms with Gasteiger partial charge in [-0.3, -0.25) is 9.78 Å². The highest BCUT2D eigenvalue weighted by atomic mass is 16.1. The van der Waals surface area contributed by atoms with E-state index in [9.17, 15) is 4.79 Å². The number of aromatic amines is 1. The molecule has 0 saturated carbocycles. The first kappa shape index (κ1) is 20.6. The molecule has 3 N–H and O–H groups in total. The number of nitrogens with one attached hydrogen (secondary N) is 3. The first-order valence-electron chi connectivity index (χ1n) is 10.7. The van der Waals surface area contributed by atoms with E-state index in [1.165, 1.54) is 0 Å². The second kappa shape index (κ2) is 9.43. The van der Waals surface area contributed by atoms with Gasteiger partial charge in [0.1, 0.15) is 0 Å². The summed E-state index contributed by atoms with van der Waals surface area (Å²) in [5, 5.41) is 7.93. The highest BCUT2D eigenvalue weighted by Gasteiger charge is 2.17. The maximum absolute atomic E-state index is 12.9. The number of ketones is 1. The zero-order valence-corrected chi connectivity index (χ0v) is 17.9. The van der Waals surface area contributed by atoms with Crippen LogP contribution in [-0.2, 0) is 6.42 Å². The summed E-state index contributed by atoms with van der Waals surface area (Å²) in [5.74, 6) is 0.102. The quantitative estimate of drug-likeness (QED) is 0.309. The lowest BCUT2D eigenvalue weighted by Gasteiger charge is -2.17. The van der Waals surface area contributed by atoms with Gasteiger partial charge in [0.2, 0.25) is 0 Å². The van der Waals surface area contributed by atoms with Crippen molar-refractivity contribution < 1.29 is 4.79 Å². The number of rotatable bonds is 9. The lowest BCUT2D eigenvalue weighted by Crippen LogP contribution is -2.09. The fourth-order valence-corrected chi connectivity index (χ4v) is 3.67. The molecule has 0 aliphatic heterocycles. The van der Waals surface area contributed by atoms with Crippen molar-refractivity contribution in [3.63, 3.8) is 0 Å². The molecule has 0 unspecified atom stereocenters. The second-order valence-electron chi connectivity index (χ2n) is 7.62. The van der Waals surface area contributed by atoms with Crippen molar-refractivity contribution in [2.24, 2.45) is 0 Å². The number of imidazole rings is 1. The number of hydrogen-bond acceptors (Lipinski definition) is 5. The standard InChI is InChI=1S/C25H27N5O/c1-3-7-23(31)20-15-28-25-19(24(20)30-21-10-5-4-8-17(21)2)9-6-11-22(25)27-13-12-18-14-26-16-29-18/h4-6,8-11,14-16,27H,3,7,12-13H2,1-2H3,(H,26,29)(H,28,30). The van der Waals surface area contributed by atoms with E-state index in [2.05, 4.69) is 38.6 Å². The van der Waals surface area contributed by atoms with Gasteiger partial charge >= 0.3 is 0 Å². The van der Waals surface area contributed by atoms with E-state index in [0.717, 1.165) is 58.6 Å². The van der Waals surface area contributed by atoms with Crippen LogP contribution in [0.2, 0.25) is 0 Å². The smallest absolute Gasteiger partial charge is 0.166 e. The average molecular weight is 414 g/mol. The highest BCUT2D eigenvalue weighted by Crippen LogP contribution is 2.34. The molecular weight excluding hydrogens is 386 g/mol. The molecule has 2 aromatic heterocycles. The number of anilines is 3. The van der Waals surface area contributed by atoms with Gasteiger partial charge in [-0.15, -0.1) is 0 Å². The van der Waals surface area contributed by atoms with Gasteiger partial charge in [-0.1, -0.05) is 37.3 Å². The van der Waals surface area contributed by atoms with Crippen LogP contribution in [0.1, 0.15) is 41.4 Å². The average Bonchev–Trinajstić information content (AvgIpc) is 3.29. The number of hydrogen-bond donors (Lipinski definition) is 3. The summed E-state index contributed by atoms with van der Waals surface area (Å²) in [6.07, 6.45) is 7.36. The number of fused-ring (bicyclic) bond motifs is 1. The molecule has 6 nitrogen and oxygen atoms in total. The Morgan fingerprint density at radius 2 is 1.90 bits per heavy atom. The third kappa shape index (κ3) is 4.58. The van der Waals surface area contributed by atoms with Gasteiger partial charge in [-0.2, -0.15) is 0 Å². The minimum absolute atomic E-state index is 0.102. The van der Waals surface area contributed by atoms with Gasteiger partial charge in [0.15, 0.2) is 5.78 Å². The molecule has 0 atom stereocenters. The predicted octanol–water partition coefficient (Wildman–Crippen LogP) is 5.65. The van der Waals surface area contributed by atoms with Gasteiger partial charge in [-0.25, -0.2) is 4.98 Å². The van der Waals surface area contributed by atoms with E-state index in [1.807, 2.05) is 49.5 Å². The molecule has 0 spiro atoms. The summed E-state index contributed by atoms with van der Waals surface area (Å²) < 4.78 is 0. The van der Waals surface area contributed by atoms with E-state index in [4.69, 9.17) is 0 Å². The van der Waals surface area contributed by atoms with Crippen LogP contribution in [-0.4, -0.2) is 27.3 Å². The van der Waals surface area contributed by atoms with Crippen molar-refractivity contribution in [1.29, 1.82) is 0 Å². The lowest BCUT2D eigenvalue weighted by molar-refractivity contribution is 0.0982. The molecule has 0 aliphatic rings. The van der Waals surface area contributed by atoms with Crippen LogP contribution in [0.3, 0.4) is 0 Å². The summed E-state index contributed by atoms with van der Waals surface area (Å²) in [6, 6.07) is 14.1. The Balaban J connectivity index is 1.72. The van der Waals surface area contributed by atoms with Crippen molar-refractivity contribution in [2.75, 3.05) is 17.2 Å². The summed E-state index contributed by atoms with van der Waals surface area (Å²) in [4.78, 5) is 24.7. The Morgan fingerprint density at radius 1 is 1.06 bits per heavy atom. The zero-order chi connectivity index (χ0) is 21.6. The van der Waals surface area contributed by atoms with Gasteiger partial charge in [0.05, 0.1) is 28.8 Å². The van der Waals surface area contributed by atoms with Crippen molar-refractivity contribution >= 4 is 33.7 Å². The van der Waals surface area contributed by atoms with Crippen molar-refractivity contribution in [2.45, 2.75) is 33.1 Å². The Labute approximate surface area is 182 Å². The van der Waals surface area contributed by atoms with E-state index < -0.39 is 0 Å². The third-order valence-corrected chi connectivity index (χ3v) is 5.34. The third-order valence-electron chi connectivity index (χ3n) is 5.34. The molecule has 31 heavy (non-hydrogen) atoms. The highest BCUT2D eigenvalue weighted by molar-refractivity contribution is 6.10. The first-order chi connectivity index (χ1) is 15.2. The van der Waals surface area contributed by atoms with E-state index in [0.29, 0.717) is 12.0 Å². The monoisotopic (exact) mass is 413 g/mol. The van der Waals surface area contributed by atoms with Gasteiger partial charge in [-0.05, 0) is 31.0 Å². The van der Waals surface area contributed by atoms with Gasteiger partial charge < -0.3 is 15.6 Å². The molecule has 0 bridgehead atoms. The molecule has 0 fully saturated rings. The number of carbonyl (C=O) groups is 1. The number of nitrogens with zero attached hydrogens (tertiary/aromatic N) is 2. The van der Waals surface area contributed by atoms with Gasteiger partial charge in [0.25, 0.3) is 0 Å². The molecule has 0 saturated heterocycles. The predicted molar refractivity (Wildman–Crippen MR) is 126 cm³/mol. The molecule has 0 aliphatic carbocycles. The van der Waals surface area contributed by atoms with Crippen LogP contribution < -0.4 is 10.6 Å². The Kier molecular flexibility index (Phi) is 6.26. The minimum Gasteiger partial charge on any atom is -0.383 e. The summed E-state index contributed by atoms with van der Waals surface area (Å²) in [6.45, 7) is 4.82. The molecule has 0 radical (unpaired) electrons. The van der Waals surface area contributed by atoms with Crippen molar-refractivity contribution in [3.05, 3.63) is 78.0 Å². The zero-order valence-electron chi connectivity index (χ0n) is 17.9. The van der Waals surface area contributed by atoms with E-state index in [-0.39, 0.29) is 5.78 Å². The number of carbonyl (C=O) groups excluding carboxylic acids is 1. The number of H-pyrrole nitrogens is 1. The van der Waals surface area contributed by atoms with Crippen molar-refractivity contribution in [3.8, 4) is 0 Å². The van der Waals surface area contributed by atoms with Crippen LogP contribution in [0.4, 0.5) is 17.1 Å². The van der Waals surface area contributed by atoms with E-state index >= 15 is 0 Å². The topological polar surface area (TPSA) is 82.7 Å². The molecule has 0 amide bonds. The number of pyridine rings is 1. The molecule has 6 heteroatoms. The van der Waals surface area contributed by atoms with Crippen LogP contribution in [0.5, 0.6) is 0 Å². The first-order valence-corrected chi connectivity index (χ1v) is 10.7. The largest absolute Gasteiger partial charge is 0.383 e. The second-order valence-corrected chi connectivity index (χ2v) is 7.62. The maximum Gasteiger partial charge on any atom is 0.166 e. The molecule has 4 aromatic rings. The van der Waals surface area contributed by atoms with Crippen molar-refractivity contribution in [1.82, 2.24) is 15.0 Å². The number of aromatic nitrogens is 3. The summed E-state index contributed by atoms with van der Waals surface area (Å²) in [7, 11) is 0. The Bertz CT molecular complexity index is 1180. The molecule has 4 rings (SSSR count). The fourth-order valence-electron chi connectivity index (χ4n) is 3.67. The lowest BCUT2D eigenvalue weighted by atomic mass is 10.0. The summed E-state index contributed by atoms with van der Waals surface area (Å²) >= 11 is 0. The van der Waals surface area contributed by atoms with Crippen LogP contribution in [0.25, 0.3) is 10.9 Å². The number of benzene rings is 2. The van der Waals surface area contributed by atoms with Crippen LogP contribution >= 0.6 is 0 Å². The maximum atomic E-state index is 12.9. The summed E-state index contributed by atoms with van der Waals surface area (Å²) in [5.41, 5.74) is 6.42. The number of aryl methyl sites for hydroxylation is 1. The van der Waals surface area contributed by atoms with Crippen LogP contribution in [0.15, 0.2) is 61.2 Å². The number of para-hydroxylation sites is 2. The van der Waals surface area contributed by atoms with Crippen LogP contribution in [0, 0.1) is 6.92 Å². The van der Waals surface area contributed by atoms with E-state index in [1.54, 1.807) is 12.5 Å². The molecule has 2 aromatic carbocycles. The van der Waals surface area contributed by atoms with Gasteiger partial charge in [0, 0.05) is 48.5 Å². The Morgan fingerprint density at radius 3 is 2.68 bits per heavy atom. The molecular formula is C25H27N5O. The molecule has 158 valence electrons.